The number of nitrogens with zero attached hydrogens (tertiary/aromatic N) is 4. The minimum absolute atomic E-state index is 0.000185. The number of fused-ring (bicyclic) bond motifs is 1. The number of carbonyl (C=O) groups excluding carboxylic acids is 1. The third kappa shape index (κ3) is 2.07. The Labute approximate surface area is 113 Å². The maximum atomic E-state index is 12.3. The first-order valence-electron chi connectivity index (χ1n) is 7.02. The van der Waals surface area contributed by atoms with Crippen LogP contribution >= 0.6 is 0 Å². The van der Waals surface area contributed by atoms with Crippen LogP contribution in [0.5, 0.6) is 0 Å². The smallest absolute Gasteiger partial charge is 0.231 e. The van der Waals surface area contributed by atoms with E-state index in [4.69, 9.17) is 0 Å². The van der Waals surface area contributed by atoms with E-state index in [1.54, 1.807) is 17.4 Å². The van der Waals surface area contributed by atoms with E-state index in [1.165, 1.54) is 25.7 Å². The number of rotatable bonds is 1. The number of hydrogen-bond donors (Lipinski definition) is 0. The molecule has 2 aliphatic rings. The molecule has 102 valence electrons. The molecule has 1 aliphatic carbocycles. The first-order chi connectivity index (χ1) is 9.18. The maximum absolute atomic E-state index is 12.3. The number of anilines is 2. The molecule has 1 aromatic heterocycles. The van der Waals surface area contributed by atoms with Crippen molar-refractivity contribution in [1.29, 1.82) is 0 Å². The zero-order chi connectivity index (χ0) is 13.4. The van der Waals surface area contributed by atoms with Crippen molar-refractivity contribution < 1.29 is 4.79 Å². The Hall–Kier alpha value is -1.65. The lowest BCUT2D eigenvalue weighted by Gasteiger charge is -2.30. The van der Waals surface area contributed by atoms with Gasteiger partial charge in [0, 0.05) is 19.6 Å². The van der Waals surface area contributed by atoms with Crippen molar-refractivity contribution in [3.63, 3.8) is 0 Å². The van der Waals surface area contributed by atoms with Gasteiger partial charge in [0.1, 0.15) is 12.0 Å². The van der Waals surface area contributed by atoms with Crippen molar-refractivity contribution in [2.45, 2.75) is 38.6 Å². The number of amides is 1. The van der Waals surface area contributed by atoms with Gasteiger partial charge in [0.25, 0.3) is 0 Å². The molecular formula is C14H20N4O. The second-order valence-corrected chi connectivity index (χ2v) is 5.62. The molecule has 19 heavy (non-hydrogen) atoms. The molecule has 1 fully saturated rings. The van der Waals surface area contributed by atoms with Gasteiger partial charge in [-0.2, -0.15) is 0 Å². The average molecular weight is 260 g/mol. The summed E-state index contributed by atoms with van der Waals surface area (Å²) in [5.41, 5.74) is 0.837. The fourth-order valence-electron chi connectivity index (χ4n) is 3.22. The molecular weight excluding hydrogens is 240 g/mol. The molecule has 1 aromatic rings. The predicted octanol–water partition coefficient (Wildman–Crippen LogP) is 1.84. The van der Waals surface area contributed by atoms with Gasteiger partial charge in [0.15, 0.2) is 5.82 Å². The van der Waals surface area contributed by atoms with Gasteiger partial charge in [-0.05, 0) is 12.8 Å². The highest BCUT2D eigenvalue weighted by Crippen LogP contribution is 2.35. The lowest BCUT2D eigenvalue weighted by atomic mass is 10.1. The van der Waals surface area contributed by atoms with Gasteiger partial charge in [-0.15, -0.1) is 0 Å². The van der Waals surface area contributed by atoms with E-state index in [9.17, 15) is 4.79 Å². The van der Waals surface area contributed by atoms with Gasteiger partial charge in [-0.1, -0.05) is 19.8 Å². The van der Waals surface area contributed by atoms with Crippen LogP contribution in [0.3, 0.4) is 0 Å². The Morgan fingerprint density at radius 1 is 1.32 bits per heavy atom. The molecule has 1 aliphatic heterocycles. The van der Waals surface area contributed by atoms with Crippen LogP contribution in [0.4, 0.5) is 11.5 Å². The Balaban J connectivity index is 2.04. The van der Waals surface area contributed by atoms with Crippen LogP contribution in [0.1, 0.15) is 32.6 Å². The molecule has 0 radical (unpaired) electrons. The van der Waals surface area contributed by atoms with E-state index in [0.29, 0.717) is 6.04 Å². The molecule has 0 spiro atoms. The van der Waals surface area contributed by atoms with E-state index in [2.05, 4.69) is 14.9 Å². The second-order valence-electron chi connectivity index (χ2n) is 5.62. The Morgan fingerprint density at radius 2 is 2.05 bits per heavy atom. The molecule has 5 heteroatoms. The van der Waals surface area contributed by atoms with E-state index >= 15 is 0 Å². The quantitative estimate of drug-likeness (QED) is 0.773. The summed E-state index contributed by atoms with van der Waals surface area (Å²) in [6, 6.07) is 0.524. The SMILES string of the molecule is CC1CN(C2CCCC2)c2ncncc2N(C)C1=O. The topological polar surface area (TPSA) is 49.3 Å². The molecule has 2 heterocycles. The van der Waals surface area contributed by atoms with E-state index in [-0.39, 0.29) is 11.8 Å². The van der Waals surface area contributed by atoms with Crippen LogP contribution in [-0.2, 0) is 4.79 Å². The first kappa shape index (κ1) is 12.4. The summed E-state index contributed by atoms with van der Waals surface area (Å²) in [6.45, 7) is 2.76. The Kier molecular flexibility index (Phi) is 3.12. The number of aromatic nitrogens is 2. The van der Waals surface area contributed by atoms with Gasteiger partial charge in [-0.25, -0.2) is 9.97 Å². The first-order valence-corrected chi connectivity index (χ1v) is 7.02. The van der Waals surface area contributed by atoms with Crippen molar-refractivity contribution in [2.75, 3.05) is 23.4 Å². The molecule has 1 atom stereocenters. The zero-order valence-electron chi connectivity index (χ0n) is 11.5. The highest BCUT2D eigenvalue weighted by molar-refractivity contribution is 5.98. The van der Waals surface area contributed by atoms with E-state index in [1.807, 2.05) is 14.0 Å². The summed E-state index contributed by atoms with van der Waals surface area (Å²) in [4.78, 5) is 24.9. The summed E-state index contributed by atoms with van der Waals surface area (Å²) >= 11 is 0. The van der Waals surface area contributed by atoms with Crippen LogP contribution in [0.2, 0.25) is 0 Å². The Morgan fingerprint density at radius 3 is 2.79 bits per heavy atom. The normalized spacial score (nSPS) is 24.5. The second kappa shape index (κ2) is 4.79. The van der Waals surface area contributed by atoms with Crippen molar-refractivity contribution in [2.24, 2.45) is 5.92 Å². The minimum Gasteiger partial charge on any atom is -0.351 e. The zero-order valence-corrected chi connectivity index (χ0v) is 11.5. The van der Waals surface area contributed by atoms with Gasteiger partial charge < -0.3 is 9.80 Å². The monoisotopic (exact) mass is 260 g/mol. The van der Waals surface area contributed by atoms with Gasteiger partial charge in [0.05, 0.1) is 12.1 Å². The molecule has 1 saturated carbocycles. The van der Waals surface area contributed by atoms with Gasteiger partial charge in [-0.3, -0.25) is 4.79 Å². The summed E-state index contributed by atoms with van der Waals surface area (Å²) in [7, 11) is 1.82. The van der Waals surface area contributed by atoms with Crippen LogP contribution in [0.15, 0.2) is 12.5 Å². The van der Waals surface area contributed by atoms with Crippen molar-refractivity contribution in [3.05, 3.63) is 12.5 Å². The van der Waals surface area contributed by atoms with Gasteiger partial charge in [0.2, 0.25) is 5.91 Å². The minimum atomic E-state index is -0.000185. The molecule has 0 aromatic carbocycles. The fourth-order valence-corrected chi connectivity index (χ4v) is 3.22. The third-order valence-corrected chi connectivity index (χ3v) is 4.29. The largest absolute Gasteiger partial charge is 0.351 e. The molecule has 3 rings (SSSR count). The summed E-state index contributed by atoms with van der Waals surface area (Å²) in [6.07, 6.45) is 8.29. The van der Waals surface area contributed by atoms with Gasteiger partial charge >= 0.3 is 0 Å². The molecule has 1 amide bonds. The average Bonchev–Trinajstić information content (AvgIpc) is 2.94. The molecule has 0 N–H and O–H groups in total. The fraction of sp³-hybridized carbons (Fsp3) is 0.643. The van der Waals surface area contributed by atoms with Crippen molar-refractivity contribution in [3.8, 4) is 0 Å². The summed E-state index contributed by atoms with van der Waals surface area (Å²) < 4.78 is 0. The number of hydrogen-bond acceptors (Lipinski definition) is 4. The van der Waals surface area contributed by atoms with Crippen LogP contribution in [0, 0.1) is 5.92 Å². The van der Waals surface area contributed by atoms with E-state index < -0.39 is 0 Å². The lowest BCUT2D eigenvalue weighted by molar-refractivity contribution is -0.121. The molecule has 0 saturated heterocycles. The molecule has 5 nitrogen and oxygen atoms in total. The number of carbonyl (C=O) groups is 1. The maximum Gasteiger partial charge on any atom is 0.231 e. The standard InChI is InChI=1S/C14H20N4O/c1-10-8-18(11-5-3-4-6-11)13-12(7-15-9-16-13)17(2)14(10)19/h7,9-11H,3-6,8H2,1-2H3. The predicted molar refractivity (Wildman–Crippen MR) is 74.2 cm³/mol. The summed E-state index contributed by atoms with van der Waals surface area (Å²) in [5, 5.41) is 0. The highest BCUT2D eigenvalue weighted by atomic mass is 16.2. The lowest BCUT2D eigenvalue weighted by Crippen LogP contribution is -2.38. The van der Waals surface area contributed by atoms with Crippen LogP contribution in [0.25, 0.3) is 0 Å². The third-order valence-electron chi connectivity index (χ3n) is 4.29. The molecule has 0 bridgehead atoms. The van der Waals surface area contributed by atoms with E-state index in [0.717, 1.165) is 18.1 Å². The van der Waals surface area contributed by atoms with Crippen molar-refractivity contribution >= 4 is 17.4 Å². The van der Waals surface area contributed by atoms with Crippen LogP contribution in [-0.4, -0.2) is 35.5 Å². The van der Waals surface area contributed by atoms with Crippen molar-refractivity contribution in [1.82, 2.24) is 9.97 Å². The highest BCUT2D eigenvalue weighted by Gasteiger charge is 2.34. The molecule has 1 unspecified atom stereocenters. The Bertz CT molecular complexity index is 484. The summed E-state index contributed by atoms with van der Waals surface area (Å²) in [5.74, 6) is 1.07. The van der Waals surface area contributed by atoms with Crippen LogP contribution < -0.4 is 9.80 Å².